The number of hydrogen-bond donors (Lipinski definition) is 1. The first-order valence-electron chi connectivity index (χ1n) is 7.58. The topological polar surface area (TPSA) is 64.7 Å². The van der Waals surface area contributed by atoms with Crippen LogP contribution in [0.15, 0.2) is 6.07 Å². The summed E-state index contributed by atoms with van der Waals surface area (Å²) in [5.41, 5.74) is 1.86. The van der Waals surface area contributed by atoms with Gasteiger partial charge in [0.25, 0.3) is 6.43 Å². The van der Waals surface area contributed by atoms with Gasteiger partial charge in [-0.15, -0.1) is 0 Å². The van der Waals surface area contributed by atoms with Crippen molar-refractivity contribution >= 4 is 17.5 Å². The van der Waals surface area contributed by atoms with Crippen molar-refractivity contribution in [1.29, 1.82) is 0 Å². The van der Waals surface area contributed by atoms with E-state index in [9.17, 15) is 13.6 Å². The maximum atomic E-state index is 12.8. The van der Waals surface area contributed by atoms with Gasteiger partial charge in [0.2, 0.25) is 5.91 Å². The summed E-state index contributed by atoms with van der Waals surface area (Å²) in [6, 6.07) is 1.28. The van der Waals surface area contributed by atoms with E-state index in [0.717, 1.165) is 16.1 Å². The molecule has 0 spiro atoms. The zero-order valence-corrected chi connectivity index (χ0v) is 14.6. The Kier molecular flexibility index (Phi) is 5.93. The second-order valence-corrected chi connectivity index (χ2v) is 5.96. The minimum atomic E-state index is -2.66. The van der Waals surface area contributed by atoms with Crippen LogP contribution in [0.1, 0.15) is 35.6 Å². The van der Waals surface area contributed by atoms with Crippen LogP contribution in [0.4, 0.5) is 8.78 Å². The first-order chi connectivity index (χ1) is 11.3. The minimum absolute atomic E-state index is 0.223. The summed E-state index contributed by atoms with van der Waals surface area (Å²) in [4.78, 5) is 11.9. The molecule has 2 rings (SSSR count). The third-order valence-electron chi connectivity index (χ3n) is 3.61. The van der Waals surface area contributed by atoms with Crippen LogP contribution in [0.5, 0.6) is 0 Å². The highest BCUT2D eigenvalue weighted by molar-refractivity contribution is 6.31. The SMILES string of the molecule is Cc1cc(C(F)F)n(CC(=O)NCCCn2nc(C)c(Cl)c2C)n1. The molecule has 0 bridgehead atoms. The number of nitrogens with one attached hydrogen (secondary N) is 1. The molecule has 6 nitrogen and oxygen atoms in total. The van der Waals surface area contributed by atoms with Crippen molar-refractivity contribution in [2.45, 2.75) is 46.7 Å². The Morgan fingerprint density at radius 3 is 2.58 bits per heavy atom. The maximum Gasteiger partial charge on any atom is 0.280 e. The van der Waals surface area contributed by atoms with E-state index >= 15 is 0 Å². The summed E-state index contributed by atoms with van der Waals surface area (Å²) in [6.45, 7) is 6.13. The number of carbonyl (C=O) groups excluding carboxylic acids is 1. The molecule has 0 aliphatic carbocycles. The zero-order valence-electron chi connectivity index (χ0n) is 13.8. The van der Waals surface area contributed by atoms with Crippen molar-refractivity contribution in [3.05, 3.63) is 33.9 Å². The van der Waals surface area contributed by atoms with Crippen LogP contribution in [0.2, 0.25) is 5.02 Å². The summed E-state index contributed by atoms with van der Waals surface area (Å²) in [6.07, 6.45) is -2.00. The molecule has 0 radical (unpaired) electrons. The molecule has 0 aliphatic heterocycles. The van der Waals surface area contributed by atoms with Crippen LogP contribution in [-0.4, -0.2) is 32.0 Å². The lowest BCUT2D eigenvalue weighted by Crippen LogP contribution is -2.30. The van der Waals surface area contributed by atoms with E-state index in [1.165, 1.54) is 6.07 Å². The average Bonchev–Trinajstić information content (AvgIpc) is 2.99. The van der Waals surface area contributed by atoms with Crippen LogP contribution < -0.4 is 5.32 Å². The van der Waals surface area contributed by atoms with E-state index in [4.69, 9.17) is 11.6 Å². The van der Waals surface area contributed by atoms with Gasteiger partial charge in [-0.25, -0.2) is 8.78 Å². The number of hydrogen-bond acceptors (Lipinski definition) is 3. The predicted molar refractivity (Wildman–Crippen MR) is 86.3 cm³/mol. The smallest absolute Gasteiger partial charge is 0.280 e. The second-order valence-electron chi connectivity index (χ2n) is 5.58. The molecule has 1 amide bonds. The van der Waals surface area contributed by atoms with Crippen molar-refractivity contribution in [3.8, 4) is 0 Å². The fourth-order valence-electron chi connectivity index (χ4n) is 2.41. The molecule has 0 unspecified atom stereocenters. The quantitative estimate of drug-likeness (QED) is 0.773. The number of halogens is 3. The Hall–Kier alpha value is -1.96. The van der Waals surface area contributed by atoms with E-state index in [2.05, 4.69) is 15.5 Å². The molecule has 0 aliphatic rings. The zero-order chi connectivity index (χ0) is 17.9. The van der Waals surface area contributed by atoms with Crippen LogP contribution in [-0.2, 0) is 17.9 Å². The van der Waals surface area contributed by atoms with Gasteiger partial charge in [0, 0.05) is 13.1 Å². The standard InChI is InChI=1S/C15H20ClF2N5O/c1-9-7-12(15(17)18)23(20-9)8-13(24)19-5-4-6-22-11(3)14(16)10(2)21-22/h7,15H,4-6,8H2,1-3H3,(H,19,24). The molecule has 132 valence electrons. The summed E-state index contributed by atoms with van der Waals surface area (Å²) in [7, 11) is 0. The van der Waals surface area contributed by atoms with Gasteiger partial charge < -0.3 is 5.32 Å². The molecule has 9 heteroatoms. The first-order valence-corrected chi connectivity index (χ1v) is 7.96. The average molecular weight is 360 g/mol. The lowest BCUT2D eigenvalue weighted by atomic mass is 10.3. The summed E-state index contributed by atoms with van der Waals surface area (Å²) >= 11 is 6.07. The molecule has 0 atom stereocenters. The number of rotatable bonds is 7. The highest BCUT2D eigenvalue weighted by Gasteiger charge is 2.17. The molecule has 0 aromatic carbocycles. The third kappa shape index (κ3) is 4.31. The van der Waals surface area contributed by atoms with Gasteiger partial charge in [0.15, 0.2) is 0 Å². The van der Waals surface area contributed by atoms with Crippen molar-refractivity contribution < 1.29 is 13.6 Å². The Bertz CT molecular complexity index is 726. The molecular weight excluding hydrogens is 340 g/mol. The van der Waals surface area contributed by atoms with Crippen LogP contribution in [0.3, 0.4) is 0 Å². The molecular formula is C15H20ClF2N5O. The van der Waals surface area contributed by atoms with Crippen LogP contribution in [0, 0.1) is 20.8 Å². The number of aromatic nitrogens is 4. The van der Waals surface area contributed by atoms with Crippen LogP contribution >= 0.6 is 11.6 Å². The largest absolute Gasteiger partial charge is 0.354 e. The number of aryl methyl sites for hydroxylation is 3. The highest BCUT2D eigenvalue weighted by atomic mass is 35.5. The van der Waals surface area contributed by atoms with E-state index in [-0.39, 0.29) is 18.1 Å². The van der Waals surface area contributed by atoms with Crippen molar-refractivity contribution in [3.63, 3.8) is 0 Å². The van der Waals surface area contributed by atoms with Crippen molar-refractivity contribution in [2.75, 3.05) is 6.54 Å². The predicted octanol–water partition coefficient (Wildman–Crippen LogP) is 2.80. The third-order valence-corrected chi connectivity index (χ3v) is 4.16. The molecule has 2 heterocycles. The molecule has 2 aromatic heterocycles. The monoisotopic (exact) mass is 359 g/mol. The number of alkyl halides is 2. The van der Waals surface area contributed by atoms with Gasteiger partial charge in [-0.1, -0.05) is 11.6 Å². The van der Waals surface area contributed by atoms with Gasteiger partial charge in [0.05, 0.1) is 22.1 Å². The Balaban J connectivity index is 1.80. The van der Waals surface area contributed by atoms with E-state index in [1.807, 2.05) is 13.8 Å². The lowest BCUT2D eigenvalue weighted by Gasteiger charge is -2.09. The van der Waals surface area contributed by atoms with E-state index < -0.39 is 6.43 Å². The van der Waals surface area contributed by atoms with Gasteiger partial charge in [0.1, 0.15) is 12.2 Å². The molecule has 0 saturated heterocycles. The van der Waals surface area contributed by atoms with Crippen LogP contribution in [0.25, 0.3) is 0 Å². The fourth-order valence-corrected chi connectivity index (χ4v) is 2.54. The Morgan fingerprint density at radius 1 is 1.29 bits per heavy atom. The molecule has 1 N–H and O–H groups in total. The minimum Gasteiger partial charge on any atom is -0.354 e. The molecule has 0 fully saturated rings. The lowest BCUT2D eigenvalue weighted by molar-refractivity contribution is -0.121. The maximum absolute atomic E-state index is 12.8. The van der Waals surface area contributed by atoms with E-state index in [0.29, 0.717) is 30.2 Å². The Labute approximate surface area is 143 Å². The van der Waals surface area contributed by atoms with Gasteiger partial charge >= 0.3 is 0 Å². The molecule has 24 heavy (non-hydrogen) atoms. The summed E-state index contributed by atoms with van der Waals surface area (Å²) < 4.78 is 28.5. The highest BCUT2D eigenvalue weighted by Crippen LogP contribution is 2.20. The number of amides is 1. The summed E-state index contributed by atoms with van der Waals surface area (Å²) in [5.74, 6) is -0.355. The van der Waals surface area contributed by atoms with E-state index in [1.54, 1.807) is 11.6 Å². The number of carbonyl (C=O) groups is 1. The van der Waals surface area contributed by atoms with Crippen molar-refractivity contribution in [2.24, 2.45) is 0 Å². The fraction of sp³-hybridized carbons (Fsp3) is 0.533. The summed E-state index contributed by atoms with van der Waals surface area (Å²) in [5, 5.41) is 11.6. The number of nitrogens with zero attached hydrogens (tertiary/aromatic N) is 4. The Morgan fingerprint density at radius 2 is 2.00 bits per heavy atom. The second kappa shape index (κ2) is 7.74. The van der Waals surface area contributed by atoms with Crippen molar-refractivity contribution in [1.82, 2.24) is 24.9 Å². The van der Waals surface area contributed by atoms with Gasteiger partial charge in [-0.2, -0.15) is 10.2 Å². The normalized spacial score (nSPS) is 11.3. The molecule has 0 saturated carbocycles. The molecule has 2 aromatic rings. The van der Waals surface area contributed by atoms with Gasteiger partial charge in [-0.3, -0.25) is 14.2 Å². The van der Waals surface area contributed by atoms with Gasteiger partial charge in [-0.05, 0) is 33.3 Å². The first kappa shape index (κ1) is 18.4.